The van der Waals surface area contributed by atoms with Crippen LogP contribution >= 0.6 is 0 Å². The van der Waals surface area contributed by atoms with Gasteiger partial charge < -0.3 is 0 Å². The third-order valence-corrected chi connectivity index (χ3v) is 6.33. The predicted octanol–water partition coefficient (Wildman–Crippen LogP) is 6.92. The number of rotatable bonds is 4. The van der Waals surface area contributed by atoms with Crippen molar-refractivity contribution in [3.8, 4) is 22.3 Å². The average Bonchev–Trinajstić information content (AvgIpc) is 2.90. The molecule has 1 nitrogen and oxygen atoms in total. The molecule has 0 aliphatic heterocycles. The summed E-state index contributed by atoms with van der Waals surface area (Å²) in [5.74, 6) is 0. The van der Waals surface area contributed by atoms with Crippen molar-refractivity contribution in [2.45, 2.75) is 26.8 Å². The second kappa shape index (κ2) is 7.50. The second-order valence-electron chi connectivity index (χ2n) is 8.03. The van der Waals surface area contributed by atoms with Crippen LogP contribution in [-0.2, 0) is 13.0 Å². The van der Waals surface area contributed by atoms with Gasteiger partial charge in [-0.15, -0.1) is 0 Å². The summed E-state index contributed by atoms with van der Waals surface area (Å²) >= 11 is 0. The van der Waals surface area contributed by atoms with Crippen LogP contribution in [0.2, 0.25) is 0 Å². The number of hydrogen-bond acceptors (Lipinski definition) is 1. The summed E-state index contributed by atoms with van der Waals surface area (Å²) in [5.41, 5.74) is 9.73. The number of hydrogen-bond donors (Lipinski definition) is 0. The fourth-order valence-electron chi connectivity index (χ4n) is 4.67. The van der Waals surface area contributed by atoms with Crippen LogP contribution in [0.25, 0.3) is 33.0 Å². The standard InChI is InChI=1S/C28H27N/c1-3-29(4-2)19-20-13-14-23-17-24-16-21-9-5-6-10-22(21)18-28(24)26-12-8-7-11-25(26)27(23)15-20/h5-16,18H,3-4,17,19H2,1-2H3. The molecule has 0 saturated heterocycles. The first-order valence-electron chi connectivity index (χ1n) is 10.7. The van der Waals surface area contributed by atoms with Crippen LogP contribution in [0.1, 0.15) is 30.5 Å². The zero-order chi connectivity index (χ0) is 19.8. The molecule has 0 bridgehead atoms. The van der Waals surface area contributed by atoms with Gasteiger partial charge in [-0.1, -0.05) is 80.6 Å². The summed E-state index contributed by atoms with van der Waals surface area (Å²) in [6, 6.07) is 29.5. The predicted molar refractivity (Wildman–Crippen MR) is 124 cm³/mol. The molecule has 144 valence electrons. The van der Waals surface area contributed by atoms with Gasteiger partial charge in [0.1, 0.15) is 0 Å². The van der Waals surface area contributed by atoms with E-state index in [0.717, 1.165) is 26.1 Å². The van der Waals surface area contributed by atoms with Gasteiger partial charge >= 0.3 is 0 Å². The maximum absolute atomic E-state index is 2.48. The lowest BCUT2D eigenvalue weighted by Gasteiger charge is -2.19. The highest BCUT2D eigenvalue weighted by Crippen LogP contribution is 2.42. The molecule has 0 N–H and O–H groups in total. The van der Waals surface area contributed by atoms with E-state index >= 15 is 0 Å². The molecular weight excluding hydrogens is 350 g/mol. The Kier molecular flexibility index (Phi) is 4.69. The van der Waals surface area contributed by atoms with Crippen molar-refractivity contribution >= 4 is 10.8 Å². The van der Waals surface area contributed by atoms with Crippen LogP contribution < -0.4 is 0 Å². The summed E-state index contributed by atoms with van der Waals surface area (Å²) in [4.78, 5) is 2.48. The van der Waals surface area contributed by atoms with Crippen molar-refractivity contribution in [2.75, 3.05) is 13.1 Å². The summed E-state index contributed by atoms with van der Waals surface area (Å²) in [7, 11) is 0. The average molecular weight is 378 g/mol. The van der Waals surface area contributed by atoms with Gasteiger partial charge in [0.2, 0.25) is 0 Å². The van der Waals surface area contributed by atoms with Crippen molar-refractivity contribution in [3.63, 3.8) is 0 Å². The second-order valence-corrected chi connectivity index (χ2v) is 8.03. The van der Waals surface area contributed by atoms with Crippen LogP contribution in [-0.4, -0.2) is 18.0 Å². The minimum atomic E-state index is 0.982. The Morgan fingerprint density at radius 1 is 0.621 bits per heavy atom. The molecule has 1 aliphatic rings. The maximum Gasteiger partial charge on any atom is 0.0233 e. The Balaban J connectivity index is 1.70. The monoisotopic (exact) mass is 377 g/mol. The molecule has 0 heterocycles. The molecule has 0 radical (unpaired) electrons. The van der Waals surface area contributed by atoms with E-state index < -0.39 is 0 Å². The quantitative estimate of drug-likeness (QED) is 0.328. The molecule has 1 heteroatoms. The van der Waals surface area contributed by atoms with Gasteiger partial charge in [-0.2, -0.15) is 0 Å². The van der Waals surface area contributed by atoms with Crippen molar-refractivity contribution in [3.05, 3.63) is 95.6 Å². The lowest BCUT2D eigenvalue weighted by molar-refractivity contribution is 0.296. The fraction of sp³-hybridized carbons (Fsp3) is 0.214. The van der Waals surface area contributed by atoms with Crippen LogP contribution in [0.15, 0.2) is 78.9 Å². The Morgan fingerprint density at radius 2 is 1.24 bits per heavy atom. The minimum Gasteiger partial charge on any atom is -0.300 e. The third-order valence-electron chi connectivity index (χ3n) is 6.33. The Hall–Kier alpha value is -2.90. The van der Waals surface area contributed by atoms with Gasteiger partial charge in [0.05, 0.1) is 0 Å². The molecule has 0 unspecified atom stereocenters. The normalized spacial score (nSPS) is 12.4. The summed E-state index contributed by atoms with van der Waals surface area (Å²) < 4.78 is 0. The third kappa shape index (κ3) is 3.26. The van der Waals surface area contributed by atoms with E-state index in [1.54, 1.807) is 0 Å². The molecular formula is C28H27N. The lowest BCUT2D eigenvalue weighted by atomic mass is 9.92. The van der Waals surface area contributed by atoms with Gasteiger partial charge in [0.15, 0.2) is 0 Å². The maximum atomic E-state index is 2.48. The van der Waals surface area contributed by atoms with Gasteiger partial charge in [0, 0.05) is 6.54 Å². The van der Waals surface area contributed by atoms with Crippen LogP contribution in [0.3, 0.4) is 0 Å². The molecule has 0 atom stereocenters. The molecule has 0 amide bonds. The van der Waals surface area contributed by atoms with E-state index in [2.05, 4.69) is 97.6 Å². The Labute approximate surface area is 173 Å². The van der Waals surface area contributed by atoms with Crippen molar-refractivity contribution in [2.24, 2.45) is 0 Å². The Bertz CT molecular complexity index is 1180. The van der Waals surface area contributed by atoms with E-state index in [4.69, 9.17) is 0 Å². The fourth-order valence-corrected chi connectivity index (χ4v) is 4.67. The van der Waals surface area contributed by atoms with E-state index in [-0.39, 0.29) is 0 Å². The van der Waals surface area contributed by atoms with Crippen molar-refractivity contribution in [1.29, 1.82) is 0 Å². The van der Waals surface area contributed by atoms with Crippen molar-refractivity contribution < 1.29 is 0 Å². The van der Waals surface area contributed by atoms with E-state index in [9.17, 15) is 0 Å². The smallest absolute Gasteiger partial charge is 0.0233 e. The van der Waals surface area contributed by atoms with E-state index in [1.165, 1.54) is 49.7 Å². The van der Waals surface area contributed by atoms with Gasteiger partial charge in [-0.3, -0.25) is 4.90 Å². The molecule has 1 aliphatic carbocycles. The number of fused-ring (bicyclic) bond motifs is 6. The highest BCUT2D eigenvalue weighted by atomic mass is 15.1. The van der Waals surface area contributed by atoms with Gasteiger partial charge in [-0.05, 0) is 81.4 Å². The highest BCUT2D eigenvalue weighted by molar-refractivity contribution is 5.95. The summed E-state index contributed by atoms with van der Waals surface area (Å²) in [6.07, 6.45) is 0.982. The summed E-state index contributed by atoms with van der Waals surface area (Å²) in [5, 5.41) is 2.64. The van der Waals surface area contributed by atoms with Gasteiger partial charge in [0.25, 0.3) is 0 Å². The molecule has 4 aromatic rings. The highest BCUT2D eigenvalue weighted by Gasteiger charge is 2.20. The SMILES string of the molecule is CCN(CC)Cc1ccc2c(c1)-c1ccccc1-c1cc3ccccc3cc1C2. The van der Waals surface area contributed by atoms with Gasteiger partial charge in [-0.25, -0.2) is 0 Å². The van der Waals surface area contributed by atoms with Crippen LogP contribution in [0, 0.1) is 0 Å². The first-order chi connectivity index (χ1) is 14.3. The molecule has 29 heavy (non-hydrogen) atoms. The molecule has 0 spiro atoms. The minimum absolute atomic E-state index is 0.982. The van der Waals surface area contributed by atoms with Crippen LogP contribution in [0.4, 0.5) is 0 Å². The van der Waals surface area contributed by atoms with E-state index in [0.29, 0.717) is 0 Å². The first kappa shape index (κ1) is 18.1. The van der Waals surface area contributed by atoms with Crippen LogP contribution in [0.5, 0.6) is 0 Å². The largest absolute Gasteiger partial charge is 0.300 e. The topological polar surface area (TPSA) is 3.24 Å². The number of nitrogens with zero attached hydrogens (tertiary/aromatic N) is 1. The zero-order valence-electron chi connectivity index (χ0n) is 17.3. The zero-order valence-corrected chi connectivity index (χ0v) is 17.3. The molecule has 0 saturated carbocycles. The molecule has 4 aromatic carbocycles. The van der Waals surface area contributed by atoms with E-state index in [1.807, 2.05) is 0 Å². The molecule has 5 rings (SSSR count). The molecule has 0 aromatic heterocycles. The molecule has 0 fully saturated rings. The number of benzene rings is 4. The lowest BCUT2D eigenvalue weighted by Crippen LogP contribution is -2.22. The Morgan fingerprint density at radius 3 is 1.93 bits per heavy atom. The first-order valence-corrected chi connectivity index (χ1v) is 10.7. The summed E-state index contributed by atoms with van der Waals surface area (Å²) in [6.45, 7) is 7.66. The van der Waals surface area contributed by atoms with Crippen molar-refractivity contribution in [1.82, 2.24) is 4.90 Å².